The zero-order valence-corrected chi connectivity index (χ0v) is 16.2. The average Bonchev–Trinajstić information content (AvgIpc) is 3.32. The number of anilines is 2. The summed E-state index contributed by atoms with van der Waals surface area (Å²) in [6, 6.07) is 9.44. The van der Waals surface area contributed by atoms with E-state index in [-0.39, 0.29) is 5.91 Å². The molecule has 3 heterocycles. The van der Waals surface area contributed by atoms with Crippen LogP contribution in [0.25, 0.3) is 0 Å². The molecule has 3 aliphatic rings. The summed E-state index contributed by atoms with van der Waals surface area (Å²) in [5.74, 6) is 1.21. The van der Waals surface area contributed by atoms with Gasteiger partial charge < -0.3 is 9.80 Å². The van der Waals surface area contributed by atoms with Gasteiger partial charge in [0.2, 0.25) is 5.91 Å². The van der Waals surface area contributed by atoms with E-state index in [9.17, 15) is 4.79 Å². The van der Waals surface area contributed by atoms with Crippen LogP contribution < -0.4 is 9.80 Å². The summed E-state index contributed by atoms with van der Waals surface area (Å²) in [5.41, 5.74) is 2.37. The van der Waals surface area contributed by atoms with Crippen molar-refractivity contribution in [2.24, 2.45) is 5.92 Å². The number of amides is 1. The van der Waals surface area contributed by atoms with Crippen molar-refractivity contribution in [2.75, 3.05) is 42.5 Å². The lowest BCUT2D eigenvalue weighted by molar-refractivity contribution is -0.117. The maximum atomic E-state index is 11.9. The van der Waals surface area contributed by atoms with Crippen LogP contribution in [0.5, 0.6) is 0 Å². The van der Waals surface area contributed by atoms with Crippen molar-refractivity contribution in [1.29, 1.82) is 0 Å². The quantitative estimate of drug-likeness (QED) is 0.801. The van der Waals surface area contributed by atoms with Gasteiger partial charge in [-0.1, -0.05) is 13.3 Å². The predicted octanol–water partition coefficient (Wildman–Crippen LogP) is 3.90. The Kier molecular flexibility index (Phi) is 5.49. The molecule has 142 valence electrons. The molecule has 26 heavy (non-hydrogen) atoms. The maximum absolute atomic E-state index is 11.9. The number of piperidine rings is 1. The molecule has 0 aromatic heterocycles. The third-order valence-corrected chi connectivity index (χ3v) is 6.60. The van der Waals surface area contributed by atoms with Crippen LogP contribution in [0.3, 0.4) is 0 Å². The minimum absolute atomic E-state index is 0.269. The summed E-state index contributed by atoms with van der Waals surface area (Å²) in [7, 11) is 0. The van der Waals surface area contributed by atoms with Crippen LogP contribution in [0.4, 0.5) is 11.4 Å². The molecule has 4 heteroatoms. The lowest BCUT2D eigenvalue weighted by Crippen LogP contribution is -2.44. The summed E-state index contributed by atoms with van der Waals surface area (Å²) in [5, 5.41) is 0. The summed E-state index contributed by atoms with van der Waals surface area (Å²) in [4.78, 5) is 19.1. The number of hydrogen-bond donors (Lipinski definition) is 0. The third kappa shape index (κ3) is 3.75. The van der Waals surface area contributed by atoms with Crippen LogP contribution in [0, 0.1) is 5.92 Å². The fourth-order valence-corrected chi connectivity index (χ4v) is 5.09. The standard InChI is InChI=1S/C22H33N3O/c1-2-4-18-10-14-24(17-18)20-11-15-23(16-12-20)19-6-8-21(9-7-19)25-13-3-5-22(25)26/h6-9,18,20H,2-5,10-17H2,1H3. The lowest BCUT2D eigenvalue weighted by Gasteiger charge is -2.38. The van der Waals surface area contributed by atoms with Gasteiger partial charge in [-0.3, -0.25) is 9.69 Å². The van der Waals surface area contributed by atoms with Gasteiger partial charge >= 0.3 is 0 Å². The molecular formula is C22H33N3O. The highest BCUT2D eigenvalue weighted by molar-refractivity contribution is 5.95. The molecule has 1 aromatic carbocycles. The number of benzene rings is 1. The molecule has 1 atom stereocenters. The molecule has 3 aliphatic heterocycles. The first-order valence-corrected chi connectivity index (χ1v) is 10.6. The second kappa shape index (κ2) is 7.99. The summed E-state index contributed by atoms with van der Waals surface area (Å²) >= 11 is 0. The van der Waals surface area contributed by atoms with Crippen molar-refractivity contribution in [1.82, 2.24) is 4.90 Å². The highest BCUT2D eigenvalue weighted by Gasteiger charge is 2.30. The van der Waals surface area contributed by atoms with Crippen LogP contribution >= 0.6 is 0 Å². The zero-order valence-electron chi connectivity index (χ0n) is 16.2. The minimum Gasteiger partial charge on any atom is -0.371 e. The van der Waals surface area contributed by atoms with E-state index in [2.05, 4.69) is 41.0 Å². The van der Waals surface area contributed by atoms with E-state index in [1.54, 1.807) is 0 Å². The fourth-order valence-electron chi connectivity index (χ4n) is 5.09. The second-order valence-electron chi connectivity index (χ2n) is 8.32. The third-order valence-electron chi connectivity index (χ3n) is 6.60. The Morgan fingerprint density at radius 3 is 2.35 bits per heavy atom. The number of likely N-dealkylation sites (tertiary alicyclic amines) is 1. The molecule has 0 spiro atoms. The molecule has 0 N–H and O–H groups in total. The Morgan fingerprint density at radius 2 is 1.69 bits per heavy atom. The van der Waals surface area contributed by atoms with Gasteiger partial charge in [0.15, 0.2) is 0 Å². The van der Waals surface area contributed by atoms with Gasteiger partial charge in [-0.25, -0.2) is 0 Å². The Labute approximate surface area is 158 Å². The van der Waals surface area contributed by atoms with Crippen molar-refractivity contribution in [3.63, 3.8) is 0 Å². The highest BCUT2D eigenvalue weighted by atomic mass is 16.2. The van der Waals surface area contributed by atoms with E-state index in [0.29, 0.717) is 6.42 Å². The molecular weight excluding hydrogens is 322 g/mol. The van der Waals surface area contributed by atoms with Gasteiger partial charge in [0, 0.05) is 50.0 Å². The molecule has 1 amide bonds. The van der Waals surface area contributed by atoms with Crippen LogP contribution in [0.15, 0.2) is 24.3 Å². The maximum Gasteiger partial charge on any atom is 0.227 e. The molecule has 0 bridgehead atoms. The molecule has 4 nitrogen and oxygen atoms in total. The first-order valence-electron chi connectivity index (χ1n) is 10.6. The Bertz CT molecular complexity index is 606. The Balaban J connectivity index is 1.30. The summed E-state index contributed by atoms with van der Waals surface area (Å²) in [6.07, 6.45) is 8.40. The van der Waals surface area contributed by atoms with Gasteiger partial charge in [-0.05, 0) is 68.8 Å². The summed E-state index contributed by atoms with van der Waals surface area (Å²) < 4.78 is 0. The van der Waals surface area contributed by atoms with E-state index < -0.39 is 0 Å². The first kappa shape index (κ1) is 17.8. The molecule has 4 rings (SSSR count). The van der Waals surface area contributed by atoms with E-state index in [1.165, 1.54) is 50.9 Å². The van der Waals surface area contributed by atoms with Crippen molar-refractivity contribution < 1.29 is 4.79 Å². The predicted molar refractivity (Wildman–Crippen MR) is 108 cm³/mol. The lowest BCUT2D eigenvalue weighted by atomic mass is 10.0. The minimum atomic E-state index is 0.269. The molecule has 0 saturated carbocycles. The fraction of sp³-hybridized carbons (Fsp3) is 0.682. The molecule has 0 aliphatic carbocycles. The van der Waals surface area contributed by atoms with Gasteiger partial charge in [0.1, 0.15) is 0 Å². The van der Waals surface area contributed by atoms with Crippen molar-refractivity contribution in [2.45, 2.75) is 57.9 Å². The number of carbonyl (C=O) groups excluding carboxylic acids is 1. The van der Waals surface area contributed by atoms with E-state index in [4.69, 9.17) is 0 Å². The molecule has 1 unspecified atom stereocenters. The van der Waals surface area contributed by atoms with Crippen molar-refractivity contribution in [3.05, 3.63) is 24.3 Å². The van der Waals surface area contributed by atoms with E-state index in [0.717, 1.165) is 43.7 Å². The number of hydrogen-bond acceptors (Lipinski definition) is 3. The molecule has 3 fully saturated rings. The highest BCUT2D eigenvalue weighted by Crippen LogP contribution is 2.30. The first-order chi connectivity index (χ1) is 12.7. The normalized spacial score (nSPS) is 25.4. The van der Waals surface area contributed by atoms with Crippen LogP contribution in [0.1, 0.15) is 51.9 Å². The Hall–Kier alpha value is -1.55. The van der Waals surface area contributed by atoms with Gasteiger partial charge in [-0.15, -0.1) is 0 Å². The van der Waals surface area contributed by atoms with Crippen LogP contribution in [-0.4, -0.2) is 49.6 Å². The Morgan fingerprint density at radius 1 is 0.962 bits per heavy atom. The monoisotopic (exact) mass is 355 g/mol. The van der Waals surface area contributed by atoms with E-state index >= 15 is 0 Å². The van der Waals surface area contributed by atoms with Gasteiger partial charge in [-0.2, -0.15) is 0 Å². The van der Waals surface area contributed by atoms with Crippen molar-refractivity contribution in [3.8, 4) is 0 Å². The topological polar surface area (TPSA) is 26.8 Å². The van der Waals surface area contributed by atoms with Gasteiger partial charge in [0.05, 0.1) is 0 Å². The van der Waals surface area contributed by atoms with Crippen LogP contribution in [-0.2, 0) is 4.79 Å². The smallest absolute Gasteiger partial charge is 0.227 e. The molecule has 0 radical (unpaired) electrons. The molecule has 1 aromatic rings. The number of nitrogens with zero attached hydrogens (tertiary/aromatic N) is 3. The van der Waals surface area contributed by atoms with Crippen molar-refractivity contribution >= 4 is 17.3 Å². The number of carbonyl (C=O) groups is 1. The SMILES string of the molecule is CCCC1CCN(C2CCN(c3ccc(N4CCCC4=O)cc3)CC2)C1. The zero-order chi connectivity index (χ0) is 17.9. The molecule has 3 saturated heterocycles. The van der Waals surface area contributed by atoms with E-state index in [1.807, 2.05) is 4.90 Å². The number of rotatable bonds is 5. The van der Waals surface area contributed by atoms with Crippen LogP contribution in [0.2, 0.25) is 0 Å². The summed E-state index contributed by atoms with van der Waals surface area (Å²) in [6.45, 7) is 8.14. The van der Waals surface area contributed by atoms with Gasteiger partial charge in [0.25, 0.3) is 0 Å². The largest absolute Gasteiger partial charge is 0.371 e. The second-order valence-corrected chi connectivity index (χ2v) is 8.32. The average molecular weight is 356 g/mol.